The third-order valence-corrected chi connectivity index (χ3v) is 6.14. The first-order valence-electron chi connectivity index (χ1n) is 10.9. The fraction of sp³-hybridized carbons (Fsp3) is 0.857. The number of amides is 2. The van der Waals surface area contributed by atoms with Gasteiger partial charge in [-0.2, -0.15) is 0 Å². The van der Waals surface area contributed by atoms with Gasteiger partial charge in [-0.1, -0.05) is 32.1 Å². The highest BCUT2D eigenvalue weighted by Gasteiger charge is 2.26. The number of carboxylic acid groups (broad SMARTS) is 1. The summed E-state index contributed by atoms with van der Waals surface area (Å²) < 4.78 is 0. The van der Waals surface area contributed by atoms with Crippen molar-refractivity contribution < 1.29 is 19.5 Å². The molecule has 0 aromatic heterocycles. The summed E-state index contributed by atoms with van der Waals surface area (Å²) in [6.07, 6.45) is 11.4. The fourth-order valence-electron chi connectivity index (χ4n) is 4.60. The molecule has 0 aromatic carbocycles. The Morgan fingerprint density at radius 1 is 1.04 bits per heavy atom. The number of carboxylic acids is 1. The van der Waals surface area contributed by atoms with Gasteiger partial charge in [0, 0.05) is 26.1 Å². The maximum Gasteiger partial charge on any atom is 0.323 e. The van der Waals surface area contributed by atoms with Crippen LogP contribution in [0.4, 0.5) is 0 Å². The number of nitrogens with zero attached hydrogens (tertiary/aromatic N) is 2. The van der Waals surface area contributed by atoms with Crippen molar-refractivity contribution in [3.8, 4) is 0 Å². The molecule has 1 atom stereocenters. The molecule has 1 aliphatic heterocycles. The number of carbonyl (C=O) groups excluding carboxylic acids is 2. The molecule has 0 radical (unpaired) electrons. The monoisotopic (exact) mass is 395 g/mol. The normalized spacial score (nSPS) is 21.7. The molecular formula is C21H37N3O4. The standard InChI is InChI=1S/C21H37N3O4/c1-17(25)24(16-21(27)28)19-10-6-13-23(14-11-19)15-20(26)22-12-5-9-18-7-3-2-4-8-18/h18-19H,2-16H2,1H3,(H,22,26)(H,27,28). The van der Waals surface area contributed by atoms with Crippen molar-refractivity contribution in [2.45, 2.75) is 77.2 Å². The predicted octanol–water partition coefficient (Wildman–Crippen LogP) is 2.25. The summed E-state index contributed by atoms with van der Waals surface area (Å²) in [6.45, 7) is 3.83. The molecule has 2 aliphatic rings. The maximum absolute atomic E-state index is 12.2. The average molecular weight is 396 g/mol. The highest BCUT2D eigenvalue weighted by molar-refractivity contribution is 5.80. The SMILES string of the molecule is CC(=O)N(CC(=O)O)C1CCCN(CC(=O)NCCCC2CCCCC2)CC1. The van der Waals surface area contributed by atoms with Gasteiger partial charge in [0.2, 0.25) is 11.8 Å². The summed E-state index contributed by atoms with van der Waals surface area (Å²) in [5, 5.41) is 12.1. The summed E-state index contributed by atoms with van der Waals surface area (Å²) in [5.41, 5.74) is 0. The molecule has 1 unspecified atom stereocenters. The average Bonchev–Trinajstić information content (AvgIpc) is 2.89. The molecule has 2 fully saturated rings. The summed E-state index contributed by atoms with van der Waals surface area (Å²) in [5.74, 6) is -0.264. The Labute approximate surface area is 168 Å². The Morgan fingerprint density at radius 2 is 1.79 bits per heavy atom. The second-order valence-corrected chi connectivity index (χ2v) is 8.40. The summed E-state index contributed by atoms with van der Waals surface area (Å²) in [4.78, 5) is 38.6. The predicted molar refractivity (Wildman–Crippen MR) is 108 cm³/mol. The van der Waals surface area contributed by atoms with E-state index >= 15 is 0 Å². The van der Waals surface area contributed by atoms with Crippen LogP contribution in [-0.2, 0) is 14.4 Å². The Hall–Kier alpha value is -1.63. The minimum absolute atomic E-state index is 0.0582. The summed E-state index contributed by atoms with van der Waals surface area (Å²) >= 11 is 0. The van der Waals surface area contributed by atoms with Crippen LogP contribution >= 0.6 is 0 Å². The van der Waals surface area contributed by atoms with Crippen molar-refractivity contribution in [1.29, 1.82) is 0 Å². The number of carbonyl (C=O) groups is 3. The Morgan fingerprint density at radius 3 is 2.46 bits per heavy atom. The van der Waals surface area contributed by atoms with Crippen LogP contribution in [0.3, 0.4) is 0 Å². The Kier molecular flexibility index (Phi) is 9.75. The third-order valence-electron chi connectivity index (χ3n) is 6.14. The van der Waals surface area contributed by atoms with Crippen molar-refractivity contribution in [3.05, 3.63) is 0 Å². The van der Waals surface area contributed by atoms with E-state index in [4.69, 9.17) is 5.11 Å². The molecule has 1 heterocycles. The second kappa shape index (κ2) is 12.0. The van der Waals surface area contributed by atoms with Gasteiger partial charge in [-0.3, -0.25) is 19.3 Å². The molecule has 28 heavy (non-hydrogen) atoms. The van der Waals surface area contributed by atoms with E-state index < -0.39 is 5.97 Å². The van der Waals surface area contributed by atoms with Crippen LogP contribution in [0.5, 0.6) is 0 Å². The van der Waals surface area contributed by atoms with Gasteiger partial charge in [-0.15, -0.1) is 0 Å². The molecule has 1 saturated heterocycles. The van der Waals surface area contributed by atoms with E-state index in [2.05, 4.69) is 10.2 Å². The first-order valence-corrected chi connectivity index (χ1v) is 10.9. The maximum atomic E-state index is 12.2. The zero-order chi connectivity index (χ0) is 20.4. The van der Waals surface area contributed by atoms with Gasteiger partial charge >= 0.3 is 5.97 Å². The van der Waals surface area contributed by atoms with Crippen molar-refractivity contribution in [2.75, 3.05) is 32.7 Å². The first-order chi connectivity index (χ1) is 13.5. The van der Waals surface area contributed by atoms with Crippen molar-refractivity contribution in [2.24, 2.45) is 5.92 Å². The zero-order valence-corrected chi connectivity index (χ0v) is 17.3. The minimum atomic E-state index is -0.982. The molecule has 2 N–H and O–H groups in total. The van der Waals surface area contributed by atoms with E-state index in [1.807, 2.05) is 0 Å². The molecule has 160 valence electrons. The second-order valence-electron chi connectivity index (χ2n) is 8.40. The van der Waals surface area contributed by atoms with Crippen LogP contribution < -0.4 is 5.32 Å². The van der Waals surface area contributed by atoms with Gasteiger partial charge < -0.3 is 15.3 Å². The molecular weight excluding hydrogens is 358 g/mol. The topological polar surface area (TPSA) is 90.0 Å². The highest BCUT2D eigenvalue weighted by Crippen LogP contribution is 2.26. The van der Waals surface area contributed by atoms with Crippen molar-refractivity contribution >= 4 is 17.8 Å². The van der Waals surface area contributed by atoms with Gasteiger partial charge in [0.05, 0.1) is 6.54 Å². The smallest absolute Gasteiger partial charge is 0.323 e. The molecule has 1 saturated carbocycles. The number of nitrogens with one attached hydrogen (secondary N) is 1. The lowest BCUT2D eigenvalue weighted by molar-refractivity contribution is -0.145. The lowest BCUT2D eigenvalue weighted by Crippen LogP contribution is -2.43. The number of aliphatic carboxylic acids is 1. The molecule has 0 spiro atoms. The van der Waals surface area contributed by atoms with Crippen LogP contribution in [-0.4, -0.2) is 71.5 Å². The van der Waals surface area contributed by atoms with Gasteiger partial charge in [0.25, 0.3) is 0 Å². The van der Waals surface area contributed by atoms with E-state index in [-0.39, 0.29) is 24.4 Å². The summed E-state index contributed by atoms with van der Waals surface area (Å²) in [6, 6.07) is -0.0582. The van der Waals surface area contributed by atoms with Crippen LogP contribution in [0.1, 0.15) is 71.1 Å². The third kappa shape index (κ3) is 8.17. The van der Waals surface area contributed by atoms with Crippen LogP contribution in [0.25, 0.3) is 0 Å². The van der Waals surface area contributed by atoms with Crippen LogP contribution in [0.2, 0.25) is 0 Å². The van der Waals surface area contributed by atoms with E-state index in [0.717, 1.165) is 38.3 Å². The van der Waals surface area contributed by atoms with Gasteiger partial charge in [-0.25, -0.2) is 0 Å². The van der Waals surface area contributed by atoms with Gasteiger partial charge in [-0.05, 0) is 44.6 Å². The van der Waals surface area contributed by atoms with Crippen molar-refractivity contribution in [1.82, 2.24) is 15.1 Å². The quantitative estimate of drug-likeness (QED) is 0.585. The number of rotatable bonds is 9. The zero-order valence-electron chi connectivity index (χ0n) is 17.3. The molecule has 0 bridgehead atoms. The van der Waals surface area contributed by atoms with Crippen LogP contribution in [0.15, 0.2) is 0 Å². The molecule has 0 aromatic rings. The summed E-state index contributed by atoms with van der Waals surface area (Å²) in [7, 11) is 0. The Balaban J connectivity index is 1.66. The minimum Gasteiger partial charge on any atom is -0.480 e. The molecule has 2 amide bonds. The number of hydrogen-bond donors (Lipinski definition) is 2. The van der Waals surface area contributed by atoms with Crippen molar-refractivity contribution in [3.63, 3.8) is 0 Å². The lowest BCUT2D eigenvalue weighted by Gasteiger charge is -2.28. The van der Waals surface area contributed by atoms with E-state index in [9.17, 15) is 14.4 Å². The largest absolute Gasteiger partial charge is 0.480 e. The first kappa shape index (κ1) is 22.7. The highest BCUT2D eigenvalue weighted by atomic mass is 16.4. The van der Waals surface area contributed by atoms with E-state index in [1.165, 1.54) is 50.3 Å². The van der Waals surface area contributed by atoms with Gasteiger partial charge in [0.15, 0.2) is 0 Å². The number of hydrogen-bond acceptors (Lipinski definition) is 4. The van der Waals surface area contributed by atoms with E-state index in [1.54, 1.807) is 0 Å². The fourth-order valence-corrected chi connectivity index (χ4v) is 4.60. The lowest BCUT2D eigenvalue weighted by atomic mass is 9.86. The molecule has 2 rings (SSSR count). The molecule has 7 heteroatoms. The van der Waals surface area contributed by atoms with Gasteiger partial charge in [0.1, 0.15) is 6.54 Å². The van der Waals surface area contributed by atoms with Crippen LogP contribution in [0, 0.1) is 5.92 Å². The van der Waals surface area contributed by atoms with E-state index in [0.29, 0.717) is 19.5 Å². The molecule has 1 aliphatic carbocycles. The number of likely N-dealkylation sites (tertiary alicyclic amines) is 1. The molecule has 7 nitrogen and oxygen atoms in total. The Bertz CT molecular complexity index is 520.